The van der Waals surface area contributed by atoms with Crippen LogP contribution in [0.1, 0.15) is 22.8 Å². The molecule has 0 fully saturated rings. The molecule has 7 nitrogen and oxygen atoms in total. The number of methoxy groups -OCH3 is 3. The van der Waals surface area contributed by atoms with Gasteiger partial charge in [0.05, 0.1) is 21.3 Å². The van der Waals surface area contributed by atoms with E-state index in [-0.39, 0.29) is 5.91 Å². The van der Waals surface area contributed by atoms with Crippen molar-refractivity contribution in [3.05, 3.63) is 65.7 Å². The zero-order valence-electron chi connectivity index (χ0n) is 20.1. The first-order valence-corrected chi connectivity index (χ1v) is 11.4. The summed E-state index contributed by atoms with van der Waals surface area (Å²) >= 11 is 0. The average molecular weight is 462 g/mol. The number of hydrogen-bond donors (Lipinski definition) is 2. The van der Waals surface area contributed by atoms with Crippen LogP contribution in [0, 0.1) is 0 Å². The summed E-state index contributed by atoms with van der Waals surface area (Å²) < 4.78 is 18.3. The molecule has 34 heavy (non-hydrogen) atoms. The van der Waals surface area contributed by atoms with Gasteiger partial charge in [0.2, 0.25) is 5.75 Å². The van der Waals surface area contributed by atoms with Gasteiger partial charge < -0.3 is 29.4 Å². The summed E-state index contributed by atoms with van der Waals surface area (Å²) in [6.45, 7) is 4.97. The smallest absolute Gasteiger partial charge is 0.251 e. The van der Waals surface area contributed by atoms with Crippen LogP contribution in [0.4, 0.5) is 0 Å². The topological polar surface area (TPSA) is 73.8 Å². The predicted molar refractivity (Wildman–Crippen MR) is 135 cm³/mol. The molecule has 178 valence electrons. The summed E-state index contributed by atoms with van der Waals surface area (Å²) in [6, 6.07) is 18.4. The first-order valence-electron chi connectivity index (χ1n) is 11.4. The molecule has 7 heteroatoms. The predicted octanol–water partition coefficient (Wildman–Crippen LogP) is 4.36. The van der Waals surface area contributed by atoms with Gasteiger partial charge in [-0.2, -0.15) is 0 Å². The van der Waals surface area contributed by atoms with Crippen molar-refractivity contribution in [2.45, 2.75) is 20.0 Å². The van der Waals surface area contributed by atoms with Gasteiger partial charge in [0.15, 0.2) is 11.5 Å². The summed E-state index contributed by atoms with van der Waals surface area (Å²) in [6.07, 6.45) is 0. The lowest BCUT2D eigenvalue weighted by molar-refractivity contribution is 0.0953. The minimum Gasteiger partial charge on any atom is -0.493 e. The molecular weight excluding hydrogens is 430 g/mol. The second-order valence-corrected chi connectivity index (χ2v) is 7.96. The van der Waals surface area contributed by atoms with E-state index in [2.05, 4.69) is 64.6 Å². The Labute approximate surface area is 199 Å². The van der Waals surface area contributed by atoms with E-state index in [0.717, 1.165) is 13.1 Å². The van der Waals surface area contributed by atoms with E-state index in [1.165, 1.54) is 48.7 Å². The molecule has 0 unspecified atom stereocenters. The zero-order valence-corrected chi connectivity index (χ0v) is 20.1. The summed E-state index contributed by atoms with van der Waals surface area (Å²) in [7, 11) is 4.59. The third kappa shape index (κ3) is 4.52. The first-order chi connectivity index (χ1) is 16.6. The van der Waals surface area contributed by atoms with E-state index < -0.39 is 0 Å². The van der Waals surface area contributed by atoms with Gasteiger partial charge in [-0.25, -0.2) is 0 Å². The van der Waals surface area contributed by atoms with Gasteiger partial charge in [-0.1, -0.05) is 24.3 Å². The third-order valence-electron chi connectivity index (χ3n) is 6.00. The molecule has 3 aromatic carbocycles. The Kier molecular flexibility index (Phi) is 7.23. The van der Waals surface area contributed by atoms with Gasteiger partial charge in [-0.05, 0) is 42.8 Å². The van der Waals surface area contributed by atoms with Crippen molar-refractivity contribution in [1.82, 2.24) is 15.2 Å². The molecule has 2 N–H and O–H groups in total. The number of fused-ring (bicyclic) bond motifs is 3. The summed E-state index contributed by atoms with van der Waals surface area (Å²) in [5, 5.41) is 8.90. The molecule has 0 radical (unpaired) electrons. The van der Waals surface area contributed by atoms with Crippen LogP contribution in [0.15, 0.2) is 54.6 Å². The second-order valence-electron chi connectivity index (χ2n) is 7.96. The molecule has 0 aliphatic carbocycles. The third-order valence-corrected chi connectivity index (χ3v) is 6.00. The first kappa shape index (κ1) is 23.4. The number of rotatable bonds is 10. The zero-order chi connectivity index (χ0) is 24.1. The molecule has 0 spiro atoms. The maximum atomic E-state index is 12.6. The lowest BCUT2D eigenvalue weighted by Crippen LogP contribution is -2.31. The fourth-order valence-electron chi connectivity index (χ4n) is 4.36. The van der Waals surface area contributed by atoms with Crippen molar-refractivity contribution >= 4 is 27.7 Å². The van der Waals surface area contributed by atoms with Crippen LogP contribution >= 0.6 is 0 Å². The molecule has 4 rings (SSSR count). The highest BCUT2D eigenvalue weighted by atomic mass is 16.5. The van der Waals surface area contributed by atoms with Crippen molar-refractivity contribution in [1.29, 1.82) is 0 Å². The molecule has 0 saturated heterocycles. The van der Waals surface area contributed by atoms with Gasteiger partial charge in [-0.3, -0.25) is 4.79 Å². The Balaban J connectivity index is 1.36. The number of aromatic nitrogens is 1. The Morgan fingerprint density at radius 3 is 2.24 bits per heavy atom. The van der Waals surface area contributed by atoms with Gasteiger partial charge >= 0.3 is 0 Å². The molecule has 0 bridgehead atoms. The summed E-state index contributed by atoms with van der Waals surface area (Å²) in [4.78, 5) is 12.6. The van der Waals surface area contributed by atoms with Gasteiger partial charge in [0, 0.05) is 53.5 Å². The van der Waals surface area contributed by atoms with Gasteiger partial charge in [0.25, 0.3) is 5.91 Å². The normalized spacial score (nSPS) is 11.1. The molecule has 0 aliphatic rings. The van der Waals surface area contributed by atoms with Crippen LogP contribution < -0.4 is 24.8 Å². The number of hydrogen-bond acceptors (Lipinski definition) is 5. The number of nitrogens with zero attached hydrogens (tertiary/aromatic N) is 1. The number of amides is 1. The monoisotopic (exact) mass is 461 g/mol. The molecule has 4 aromatic rings. The number of carbonyl (C=O) groups is 1. The largest absolute Gasteiger partial charge is 0.493 e. The van der Waals surface area contributed by atoms with Crippen molar-refractivity contribution in [3.63, 3.8) is 0 Å². The summed E-state index contributed by atoms with van der Waals surface area (Å²) in [5.74, 6) is 1.16. The van der Waals surface area contributed by atoms with E-state index in [1.54, 1.807) is 12.1 Å². The number of nitrogens with one attached hydrogen (secondary N) is 2. The highest BCUT2D eigenvalue weighted by Crippen LogP contribution is 2.38. The van der Waals surface area contributed by atoms with Crippen molar-refractivity contribution in [2.24, 2.45) is 0 Å². The van der Waals surface area contributed by atoms with Crippen molar-refractivity contribution < 1.29 is 19.0 Å². The highest BCUT2D eigenvalue weighted by Gasteiger charge is 2.16. The maximum Gasteiger partial charge on any atom is 0.251 e. The van der Waals surface area contributed by atoms with E-state index in [4.69, 9.17) is 14.2 Å². The Bertz CT molecular complexity index is 1290. The molecule has 1 amide bonds. The van der Waals surface area contributed by atoms with E-state index in [1.807, 2.05) is 0 Å². The average Bonchev–Trinajstić information content (AvgIpc) is 3.20. The molecule has 0 aliphatic heterocycles. The van der Waals surface area contributed by atoms with Crippen LogP contribution in [0.2, 0.25) is 0 Å². The molecular formula is C27H31N3O4. The van der Waals surface area contributed by atoms with Crippen molar-refractivity contribution in [2.75, 3.05) is 34.4 Å². The molecule has 0 atom stereocenters. The van der Waals surface area contributed by atoms with Crippen LogP contribution in [0.25, 0.3) is 21.8 Å². The van der Waals surface area contributed by atoms with Gasteiger partial charge in [0.1, 0.15) is 0 Å². The number of ether oxygens (including phenoxy) is 3. The molecule has 0 saturated carbocycles. The second kappa shape index (κ2) is 10.5. The standard InChI is InChI=1S/C27H31N3O4/c1-5-30-22-9-7-6-8-20(22)21-14-18(10-11-23(21)30)17-28-12-13-29-27(31)19-15-24(32-2)26(34-4)25(16-19)33-3/h6-11,14-16,28H,5,12-13,17H2,1-4H3,(H,29,31). The SMILES string of the molecule is CCn1c2ccccc2c2cc(CNCCNC(=O)c3cc(OC)c(OC)c(OC)c3)ccc21. The van der Waals surface area contributed by atoms with Crippen LogP contribution in [-0.4, -0.2) is 44.9 Å². The quantitative estimate of drug-likeness (QED) is 0.343. The van der Waals surface area contributed by atoms with E-state index >= 15 is 0 Å². The lowest BCUT2D eigenvalue weighted by atomic mass is 10.1. The summed E-state index contributed by atoms with van der Waals surface area (Å²) in [5.41, 5.74) is 4.18. The fourth-order valence-corrected chi connectivity index (χ4v) is 4.36. The fraction of sp³-hybridized carbons (Fsp3) is 0.296. The molecule has 1 aromatic heterocycles. The number of aryl methyl sites for hydroxylation is 1. The molecule has 1 heterocycles. The maximum absolute atomic E-state index is 12.6. The Hall–Kier alpha value is -3.71. The van der Waals surface area contributed by atoms with E-state index in [9.17, 15) is 4.79 Å². The number of para-hydroxylation sites is 1. The minimum atomic E-state index is -0.199. The van der Waals surface area contributed by atoms with Gasteiger partial charge in [-0.15, -0.1) is 0 Å². The van der Waals surface area contributed by atoms with Crippen LogP contribution in [0.5, 0.6) is 17.2 Å². The minimum absolute atomic E-state index is 0.199. The van der Waals surface area contributed by atoms with E-state index in [0.29, 0.717) is 35.9 Å². The lowest BCUT2D eigenvalue weighted by Gasteiger charge is -2.14. The highest BCUT2D eigenvalue weighted by molar-refractivity contribution is 6.08. The van der Waals surface area contributed by atoms with Crippen LogP contribution in [-0.2, 0) is 13.1 Å². The number of benzene rings is 3. The Morgan fingerprint density at radius 2 is 1.56 bits per heavy atom. The van der Waals surface area contributed by atoms with Crippen LogP contribution in [0.3, 0.4) is 0 Å². The Morgan fingerprint density at radius 1 is 0.853 bits per heavy atom. The number of carbonyl (C=O) groups excluding carboxylic acids is 1. The van der Waals surface area contributed by atoms with Crippen molar-refractivity contribution in [3.8, 4) is 17.2 Å².